The molecule has 0 unspecified atom stereocenters. The maximum atomic E-state index is 13.4. The summed E-state index contributed by atoms with van der Waals surface area (Å²) in [6, 6.07) is 17.9. The molecule has 3 aromatic rings. The van der Waals surface area contributed by atoms with Gasteiger partial charge in [0.15, 0.2) is 0 Å². The van der Waals surface area contributed by atoms with Crippen molar-refractivity contribution < 1.29 is 23.8 Å². The standard InChI is InChI=1S/C27H25F2NO3.CH4/c1-27(2,33)24(17-3-7-19(28)8-4-17)16-15-23-25(18-5-13-22(31)14-6-18)30(26(23)32)21-11-9-20(29)10-12-21;/h3-14,16,23,25,31,33H,15H2,1-2H3;1H4/b24-16-;/t23-,25-;/m1./s1. The second-order valence-corrected chi connectivity index (χ2v) is 8.75. The van der Waals surface area contributed by atoms with Crippen molar-refractivity contribution in [1.82, 2.24) is 0 Å². The third-order valence-corrected chi connectivity index (χ3v) is 5.94. The van der Waals surface area contributed by atoms with Gasteiger partial charge in [-0.25, -0.2) is 8.78 Å². The molecule has 0 spiro atoms. The number of phenols is 1. The van der Waals surface area contributed by atoms with Crippen molar-refractivity contribution in [2.24, 2.45) is 5.92 Å². The van der Waals surface area contributed by atoms with E-state index in [0.717, 1.165) is 5.56 Å². The molecule has 4 nitrogen and oxygen atoms in total. The van der Waals surface area contributed by atoms with Crippen LogP contribution in [-0.2, 0) is 4.79 Å². The van der Waals surface area contributed by atoms with Crippen molar-refractivity contribution in [3.8, 4) is 5.75 Å². The minimum Gasteiger partial charge on any atom is -0.508 e. The van der Waals surface area contributed by atoms with Gasteiger partial charge in [0.1, 0.15) is 17.4 Å². The Kier molecular flexibility index (Phi) is 7.22. The molecule has 0 saturated carbocycles. The second kappa shape index (κ2) is 9.77. The summed E-state index contributed by atoms with van der Waals surface area (Å²) in [5.74, 6) is -1.18. The first-order chi connectivity index (χ1) is 15.6. The van der Waals surface area contributed by atoms with Gasteiger partial charge in [-0.1, -0.05) is 37.8 Å². The number of aliphatic hydroxyl groups is 1. The lowest BCUT2D eigenvalue weighted by molar-refractivity contribution is -0.130. The minimum absolute atomic E-state index is 0. The van der Waals surface area contributed by atoms with Crippen LogP contribution in [0.4, 0.5) is 14.5 Å². The highest BCUT2D eigenvalue weighted by atomic mass is 19.1. The first-order valence-electron chi connectivity index (χ1n) is 10.7. The number of allylic oxidation sites excluding steroid dienone is 1. The van der Waals surface area contributed by atoms with E-state index >= 15 is 0 Å². The quantitative estimate of drug-likeness (QED) is 0.423. The van der Waals surface area contributed by atoms with E-state index < -0.39 is 11.5 Å². The fraction of sp³-hybridized carbons (Fsp3) is 0.250. The Labute approximate surface area is 198 Å². The van der Waals surface area contributed by atoms with Gasteiger partial charge < -0.3 is 15.1 Å². The van der Waals surface area contributed by atoms with Crippen molar-refractivity contribution >= 4 is 17.2 Å². The Morgan fingerprint density at radius 1 is 0.941 bits per heavy atom. The molecule has 4 rings (SSSR count). The Morgan fingerprint density at radius 3 is 2.00 bits per heavy atom. The number of benzene rings is 3. The lowest BCUT2D eigenvalue weighted by Crippen LogP contribution is -2.55. The van der Waals surface area contributed by atoms with Crippen molar-refractivity contribution in [1.29, 1.82) is 0 Å². The van der Waals surface area contributed by atoms with Gasteiger partial charge in [0.25, 0.3) is 0 Å². The zero-order valence-electron chi connectivity index (χ0n) is 18.4. The normalized spacial score (nSPS) is 18.3. The summed E-state index contributed by atoms with van der Waals surface area (Å²) >= 11 is 0. The number of β-lactam (4-membered cyclic amide) rings is 1. The summed E-state index contributed by atoms with van der Waals surface area (Å²) in [4.78, 5) is 14.8. The molecular weight excluding hydrogens is 436 g/mol. The Bertz CT molecular complexity index is 1160. The number of carbonyl (C=O) groups is 1. The zero-order valence-corrected chi connectivity index (χ0v) is 18.4. The van der Waals surface area contributed by atoms with Gasteiger partial charge >= 0.3 is 0 Å². The number of hydrogen-bond acceptors (Lipinski definition) is 3. The van der Waals surface area contributed by atoms with Crippen LogP contribution in [0.15, 0.2) is 78.9 Å². The molecule has 2 atom stereocenters. The van der Waals surface area contributed by atoms with Gasteiger partial charge in [-0.3, -0.25) is 4.79 Å². The van der Waals surface area contributed by atoms with Crippen LogP contribution < -0.4 is 4.90 Å². The lowest BCUT2D eigenvalue weighted by Gasteiger charge is -2.47. The van der Waals surface area contributed by atoms with Crippen LogP contribution in [0.25, 0.3) is 5.57 Å². The van der Waals surface area contributed by atoms with E-state index in [1.54, 1.807) is 67.3 Å². The lowest BCUT2D eigenvalue weighted by atomic mass is 9.78. The van der Waals surface area contributed by atoms with Gasteiger partial charge in [-0.05, 0) is 85.5 Å². The third kappa shape index (κ3) is 5.02. The SMILES string of the molecule is C.CC(C)(O)/C(=C\C[C@H]1C(=O)N(c2ccc(F)cc2)[C@@H]1c1ccc(O)cc1)c1ccc(F)cc1. The number of amides is 1. The average molecular weight is 466 g/mol. The fourth-order valence-corrected chi connectivity index (χ4v) is 4.32. The molecule has 178 valence electrons. The van der Waals surface area contributed by atoms with E-state index in [-0.39, 0.29) is 36.8 Å². The molecule has 1 saturated heterocycles. The first kappa shape index (κ1) is 25.1. The van der Waals surface area contributed by atoms with Crippen LogP contribution >= 0.6 is 0 Å². The third-order valence-electron chi connectivity index (χ3n) is 5.94. The van der Waals surface area contributed by atoms with Gasteiger partial charge in [0.2, 0.25) is 5.91 Å². The zero-order chi connectivity index (χ0) is 23.8. The molecule has 1 amide bonds. The minimum atomic E-state index is -1.20. The second-order valence-electron chi connectivity index (χ2n) is 8.75. The van der Waals surface area contributed by atoms with Crippen LogP contribution in [0.3, 0.4) is 0 Å². The molecule has 1 fully saturated rings. The summed E-state index contributed by atoms with van der Waals surface area (Å²) in [6.45, 7) is 3.29. The van der Waals surface area contributed by atoms with E-state index in [9.17, 15) is 23.8 Å². The number of hydrogen-bond donors (Lipinski definition) is 2. The molecule has 0 aromatic heterocycles. The topological polar surface area (TPSA) is 60.8 Å². The molecule has 2 N–H and O–H groups in total. The van der Waals surface area contributed by atoms with Crippen LogP contribution in [0.1, 0.15) is 44.9 Å². The largest absolute Gasteiger partial charge is 0.508 e. The fourth-order valence-electron chi connectivity index (χ4n) is 4.32. The van der Waals surface area contributed by atoms with Gasteiger partial charge in [0, 0.05) is 5.69 Å². The number of nitrogens with zero attached hydrogens (tertiary/aromatic N) is 1. The average Bonchev–Trinajstić information content (AvgIpc) is 2.77. The number of halogens is 2. The van der Waals surface area contributed by atoms with E-state index in [1.807, 2.05) is 6.08 Å². The summed E-state index contributed by atoms with van der Waals surface area (Å²) in [5, 5.41) is 20.4. The maximum absolute atomic E-state index is 13.4. The van der Waals surface area contributed by atoms with Crippen molar-refractivity contribution in [3.63, 3.8) is 0 Å². The highest BCUT2D eigenvalue weighted by Gasteiger charge is 2.48. The first-order valence-corrected chi connectivity index (χ1v) is 10.7. The van der Waals surface area contributed by atoms with Crippen molar-refractivity contribution in [2.45, 2.75) is 39.3 Å². The highest BCUT2D eigenvalue weighted by molar-refractivity contribution is 6.03. The monoisotopic (exact) mass is 465 g/mol. The molecule has 0 radical (unpaired) electrons. The van der Waals surface area contributed by atoms with Crippen LogP contribution in [0.5, 0.6) is 5.75 Å². The Hall–Kier alpha value is -3.51. The Balaban J connectivity index is 0.00000324. The Morgan fingerprint density at radius 2 is 1.47 bits per heavy atom. The molecule has 1 aliphatic heterocycles. The molecule has 6 heteroatoms. The highest BCUT2D eigenvalue weighted by Crippen LogP contribution is 2.46. The van der Waals surface area contributed by atoms with Crippen molar-refractivity contribution in [3.05, 3.63) is 102 Å². The van der Waals surface area contributed by atoms with Crippen LogP contribution in [0.2, 0.25) is 0 Å². The van der Waals surface area contributed by atoms with E-state index in [4.69, 9.17) is 0 Å². The van der Waals surface area contributed by atoms with E-state index in [1.165, 1.54) is 24.3 Å². The summed E-state index contributed by atoms with van der Waals surface area (Å²) in [7, 11) is 0. The predicted molar refractivity (Wildman–Crippen MR) is 130 cm³/mol. The van der Waals surface area contributed by atoms with Crippen LogP contribution in [0, 0.1) is 17.6 Å². The summed E-state index contributed by atoms with van der Waals surface area (Å²) < 4.78 is 26.8. The summed E-state index contributed by atoms with van der Waals surface area (Å²) in [5.41, 5.74) is 1.49. The summed E-state index contributed by atoms with van der Waals surface area (Å²) in [6.07, 6.45) is 2.17. The molecule has 0 aliphatic carbocycles. The maximum Gasteiger partial charge on any atom is 0.233 e. The van der Waals surface area contributed by atoms with Gasteiger partial charge in [-0.2, -0.15) is 0 Å². The molecule has 1 heterocycles. The van der Waals surface area contributed by atoms with Crippen LogP contribution in [-0.4, -0.2) is 21.7 Å². The molecule has 3 aromatic carbocycles. The number of aromatic hydroxyl groups is 1. The number of carbonyl (C=O) groups excluding carboxylic acids is 1. The van der Waals surface area contributed by atoms with E-state index in [0.29, 0.717) is 23.2 Å². The number of anilines is 1. The molecule has 0 bridgehead atoms. The molecule has 1 aliphatic rings. The molecule has 34 heavy (non-hydrogen) atoms. The smallest absolute Gasteiger partial charge is 0.233 e. The molecular formula is C28H29F2NO3. The van der Waals surface area contributed by atoms with Gasteiger partial charge in [-0.15, -0.1) is 0 Å². The number of phenolic OH excluding ortho intramolecular Hbond substituents is 1. The number of rotatable bonds is 6. The van der Waals surface area contributed by atoms with Crippen molar-refractivity contribution in [2.75, 3.05) is 4.90 Å². The van der Waals surface area contributed by atoms with E-state index in [2.05, 4.69) is 0 Å². The van der Waals surface area contributed by atoms with Gasteiger partial charge in [0.05, 0.1) is 17.6 Å². The predicted octanol–water partition coefficient (Wildman–Crippen LogP) is 6.26.